The highest BCUT2D eigenvalue weighted by Gasteiger charge is 1.98. The van der Waals surface area contributed by atoms with Crippen molar-refractivity contribution >= 4 is 5.96 Å². The third-order valence-corrected chi connectivity index (χ3v) is 1.83. The minimum absolute atomic E-state index is 0.258. The third-order valence-electron chi connectivity index (χ3n) is 1.83. The first-order chi connectivity index (χ1) is 6.56. The molecule has 0 aliphatic heterocycles. The van der Waals surface area contributed by atoms with Crippen molar-refractivity contribution in [1.82, 2.24) is 5.32 Å². The molecule has 0 saturated carbocycles. The maximum Gasteiger partial charge on any atom is 0.188 e. The van der Waals surface area contributed by atoms with Crippen LogP contribution in [0.4, 0.5) is 0 Å². The second-order valence-corrected chi connectivity index (χ2v) is 3.64. The van der Waals surface area contributed by atoms with Crippen LogP contribution in [0.15, 0.2) is 4.99 Å². The molecule has 84 valence electrons. The molecule has 4 heteroatoms. The summed E-state index contributed by atoms with van der Waals surface area (Å²) in [6.07, 6.45) is 1.30. The highest BCUT2D eigenvalue weighted by molar-refractivity contribution is 5.78. The molecule has 14 heavy (non-hydrogen) atoms. The van der Waals surface area contributed by atoms with E-state index in [1.54, 1.807) is 0 Å². The number of aliphatic imine (C=N–C) groups is 1. The van der Waals surface area contributed by atoms with Crippen LogP contribution < -0.4 is 11.1 Å². The molecule has 1 atom stereocenters. The van der Waals surface area contributed by atoms with Gasteiger partial charge in [0.05, 0.1) is 19.3 Å². The smallest absolute Gasteiger partial charge is 0.188 e. The van der Waals surface area contributed by atoms with E-state index >= 15 is 0 Å². The van der Waals surface area contributed by atoms with Gasteiger partial charge in [0.1, 0.15) is 0 Å². The van der Waals surface area contributed by atoms with E-state index in [4.69, 9.17) is 10.5 Å². The number of hydrogen-bond acceptors (Lipinski definition) is 2. The van der Waals surface area contributed by atoms with Gasteiger partial charge in [-0.3, -0.25) is 4.99 Å². The molecule has 0 rings (SSSR count). The first-order valence-corrected chi connectivity index (χ1v) is 5.24. The SMILES string of the molecule is CCC(C)NC(N)=NCCOC(C)C. The van der Waals surface area contributed by atoms with Crippen molar-refractivity contribution in [3.05, 3.63) is 0 Å². The molecule has 0 fully saturated rings. The predicted octanol–water partition coefficient (Wildman–Crippen LogP) is 1.11. The van der Waals surface area contributed by atoms with Crippen molar-refractivity contribution in [3.63, 3.8) is 0 Å². The molecule has 0 aliphatic rings. The van der Waals surface area contributed by atoms with Crippen LogP contribution >= 0.6 is 0 Å². The van der Waals surface area contributed by atoms with Crippen LogP contribution in [-0.2, 0) is 4.74 Å². The van der Waals surface area contributed by atoms with Gasteiger partial charge in [0, 0.05) is 6.04 Å². The Kier molecular flexibility index (Phi) is 7.20. The van der Waals surface area contributed by atoms with Crippen LogP contribution in [0.1, 0.15) is 34.1 Å². The maximum atomic E-state index is 5.65. The monoisotopic (exact) mass is 201 g/mol. The maximum absolute atomic E-state index is 5.65. The van der Waals surface area contributed by atoms with E-state index < -0.39 is 0 Å². The second-order valence-electron chi connectivity index (χ2n) is 3.64. The van der Waals surface area contributed by atoms with E-state index in [2.05, 4.69) is 24.2 Å². The molecule has 0 aromatic rings. The van der Waals surface area contributed by atoms with Crippen molar-refractivity contribution in [2.75, 3.05) is 13.2 Å². The average molecular weight is 201 g/mol. The quantitative estimate of drug-likeness (QED) is 0.384. The predicted molar refractivity (Wildman–Crippen MR) is 60.5 cm³/mol. The Hall–Kier alpha value is -0.770. The standard InChI is InChI=1S/C10H23N3O/c1-5-9(4)13-10(11)12-6-7-14-8(2)3/h8-9H,5-7H2,1-4H3,(H3,11,12,13). The Balaban J connectivity index is 3.56. The molecule has 0 radical (unpaired) electrons. The number of hydrogen-bond donors (Lipinski definition) is 2. The van der Waals surface area contributed by atoms with Gasteiger partial charge in [-0.1, -0.05) is 6.92 Å². The first-order valence-electron chi connectivity index (χ1n) is 5.24. The molecular formula is C10H23N3O. The lowest BCUT2D eigenvalue weighted by atomic mass is 10.3. The Morgan fingerprint density at radius 3 is 2.57 bits per heavy atom. The van der Waals surface area contributed by atoms with E-state index in [9.17, 15) is 0 Å². The van der Waals surface area contributed by atoms with Crippen molar-refractivity contribution in [1.29, 1.82) is 0 Å². The van der Waals surface area contributed by atoms with E-state index in [-0.39, 0.29) is 6.10 Å². The lowest BCUT2D eigenvalue weighted by Gasteiger charge is -2.11. The summed E-state index contributed by atoms with van der Waals surface area (Å²) in [4.78, 5) is 4.14. The molecule has 0 aromatic carbocycles. The van der Waals surface area contributed by atoms with Gasteiger partial charge >= 0.3 is 0 Å². The molecule has 1 unspecified atom stereocenters. The van der Waals surface area contributed by atoms with Crippen LogP contribution in [-0.4, -0.2) is 31.3 Å². The Labute approximate surface area is 86.9 Å². The number of nitrogens with one attached hydrogen (secondary N) is 1. The fourth-order valence-electron chi connectivity index (χ4n) is 0.855. The molecule has 0 bridgehead atoms. The Bertz CT molecular complexity index is 169. The number of guanidine groups is 1. The summed E-state index contributed by atoms with van der Waals surface area (Å²) in [5, 5.41) is 3.09. The van der Waals surface area contributed by atoms with Crippen LogP contribution in [0.3, 0.4) is 0 Å². The topological polar surface area (TPSA) is 59.6 Å². The average Bonchev–Trinajstić information content (AvgIpc) is 2.12. The van der Waals surface area contributed by atoms with Crippen molar-refractivity contribution in [2.24, 2.45) is 10.7 Å². The summed E-state index contributed by atoms with van der Waals surface area (Å²) >= 11 is 0. The van der Waals surface area contributed by atoms with Crippen LogP contribution in [0.2, 0.25) is 0 Å². The summed E-state index contributed by atoms with van der Waals surface area (Å²) < 4.78 is 5.33. The molecule has 0 saturated heterocycles. The second kappa shape index (κ2) is 7.62. The first kappa shape index (κ1) is 13.2. The van der Waals surface area contributed by atoms with Gasteiger partial charge in [0.2, 0.25) is 0 Å². The van der Waals surface area contributed by atoms with Crippen LogP contribution in [0.25, 0.3) is 0 Å². The lowest BCUT2D eigenvalue weighted by molar-refractivity contribution is 0.0853. The van der Waals surface area contributed by atoms with Gasteiger partial charge in [-0.05, 0) is 27.2 Å². The molecule has 4 nitrogen and oxygen atoms in total. The fourth-order valence-corrected chi connectivity index (χ4v) is 0.855. The molecule has 0 amide bonds. The van der Waals surface area contributed by atoms with Gasteiger partial charge in [-0.15, -0.1) is 0 Å². The molecular weight excluding hydrogens is 178 g/mol. The number of nitrogens with zero attached hydrogens (tertiary/aromatic N) is 1. The number of nitrogens with two attached hydrogens (primary N) is 1. The van der Waals surface area contributed by atoms with Crippen molar-refractivity contribution < 1.29 is 4.74 Å². The summed E-state index contributed by atoms with van der Waals surface area (Å²) in [7, 11) is 0. The largest absolute Gasteiger partial charge is 0.377 e. The van der Waals surface area contributed by atoms with Gasteiger partial charge in [-0.2, -0.15) is 0 Å². The third kappa shape index (κ3) is 7.86. The Morgan fingerprint density at radius 2 is 2.07 bits per heavy atom. The minimum Gasteiger partial charge on any atom is -0.377 e. The van der Waals surface area contributed by atoms with Crippen LogP contribution in [0, 0.1) is 0 Å². The molecule has 0 heterocycles. The van der Waals surface area contributed by atoms with Crippen molar-refractivity contribution in [3.8, 4) is 0 Å². The zero-order valence-electron chi connectivity index (χ0n) is 9.71. The van der Waals surface area contributed by atoms with Gasteiger partial charge in [0.25, 0.3) is 0 Å². The highest BCUT2D eigenvalue weighted by Crippen LogP contribution is 1.88. The molecule has 0 aliphatic carbocycles. The summed E-state index contributed by atoms with van der Waals surface area (Å²) in [5.74, 6) is 0.506. The van der Waals surface area contributed by atoms with E-state index in [0.29, 0.717) is 25.2 Å². The minimum atomic E-state index is 0.258. The molecule has 0 aromatic heterocycles. The summed E-state index contributed by atoms with van der Waals surface area (Å²) in [5.41, 5.74) is 5.65. The van der Waals surface area contributed by atoms with Gasteiger partial charge in [-0.25, -0.2) is 0 Å². The zero-order valence-corrected chi connectivity index (χ0v) is 9.71. The van der Waals surface area contributed by atoms with Crippen molar-refractivity contribution in [2.45, 2.75) is 46.3 Å². The molecule has 0 spiro atoms. The number of ether oxygens (including phenoxy) is 1. The Morgan fingerprint density at radius 1 is 1.43 bits per heavy atom. The highest BCUT2D eigenvalue weighted by atomic mass is 16.5. The van der Waals surface area contributed by atoms with E-state index in [1.807, 2.05) is 13.8 Å². The van der Waals surface area contributed by atoms with Gasteiger partial charge < -0.3 is 15.8 Å². The normalized spacial score (nSPS) is 14.5. The van der Waals surface area contributed by atoms with E-state index in [1.165, 1.54) is 0 Å². The zero-order chi connectivity index (χ0) is 11.0. The molecule has 3 N–H and O–H groups in total. The van der Waals surface area contributed by atoms with E-state index in [0.717, 1.165) is 6.42 Å². The lowest BCUT2D eigenvalue weighted by Crippen LogP contribution is -2.38. The summed E-state index contributed by atoms with van der Waals surface area (Å²) in [6.45, 7) is 9.43. The van der Waals surface area contributed by atoms with Gasteiger partial charge in [0.15, 0.2) is 5.96 Å². The van der Waals surface area contributed by atoms with Crippen LogP contribution in [0.5, 0.6) is 0 Å². The number of rotatable bonds is 6. The fraction of sp³-hybridized carbons (Fsp3) is 0.900. The summed E-state index contributed by atoms with van der Waals surface area (Å²) in [6, 6.07) is 0.379.